The van der Waals surface area contributed by atoms with Gasteiger partial charge in [0.1, 0.15) is 11.9 Å². The lowest BCUT2D eigenvalue weighted by Crippen LogP contribution is -2.35. The van der Waals surface area contributed by atoms with Crippen LogP contribution in [0.4, 0.5) is 14.9 Å². The van der Waals surface area contributed by atoms with Crippen LogP contribution in [-0.4, -0.2) is 56.3 Å². The van der Waals surface area contributed by atoms with E-state index in [0.717, 1.165) is 6.07 Å². The number of benzene rings is 1. The summed E-state index contributed by atoms with van der Waals surface area (Å²) in [7, 11) is -0.108. The number of nitrogens with two attached hydrogens (primary N) is 1. The maximum atomic E-state index is 14.1. The molecule has 0 spiro atoms. The number of amides is 1. The number of carbonyl (C=O) groups is 1. The van der Waals surface area contributed by atoms with E-state index in [1.54, 1.807) is 0 Å². The number of anilines is 1. The Morgan fingerprint density at radius 3 is 3.04 bits per heavy atom. The monoisotopic (exact) mass is 336 g/mol. The second-order valence-electron chi connectivity index (χ2n) is 5.02. The zero-order valence-electron chi connectivity index (χ0n) is 13.1. The van der Waals surface area contributed by atoms with Crippen molar-refractivity contribution in [3.05, 3.63) is 36.4 Å². The van der Waals surface area contributed by atoms with Gasteiger partial charge in [0, 0.05) is 31.7 Å². The van der Waals surface area contributed by atoms with E-state index >= 15 is 0 Å². The fourth-order valence-electron chi connectivity index (χ4n) is 2.31. The van der Waals surface area contributed by atoms with Gasteiger partial charge in [-0.25, -0.2) is 9.18 Å². The molecule has 1 heterocycles. The lowest BCUT2D eigenvalue weighted by atomic mass is 9.79. The zero-order valence-corrected chi connectivity index (χ0v) is 13.1. The highest BCUT2D eigenvalue weighted by molar-refractivity contribution is 6.60. The summed E-state index contributed by atoms with van der Waals surface area (Å²) in [5.74, 6) is -0.682. The van der Waals surface area contributed by atoms with Gasteiger partial charge in [-0.05, 0) is 12.1 Å². The number of carbonyl (C=O) groups excluding carboxylic acids is 1. The van der Waals surface area contributed by atoms with E-state index in [9.17, 15) is 14.2 Å². The van der Waals surface area contributed by atoms with E-state index in [1.165, 1.54) is 41.6 Å². The molecule has 1 amide bonds. The number of cyclic esters (lactones) is 1. The third-order valence-corrected chi connectivity index (χ3v) is 3.49. The summed E-state index contributed by atoms with van der Waals surface area (Å²) in [4.78, 5) is 13.3. The highest BCUT2D eigenvalue weighted by atomic mass is 19.1. The van der Waals surface area contributed by atoms with Crippen LogP contribution in [0.5, 0.6) is 0 Å². The molecular formula is C14H18BFN4O4. The average molecular weight is 336 g/mol. The Bertz CT molecular complexity index is 645. The molecule has 0 radical (unpaired) electrons. The van der Waals surface area contributed by atoms with Gasteiger partial charge >= 0.3 is 13.2 Å². The number of nitrogens with zero attached hydrogens (tertiary/aromatic N) is 3. The summed E-state index contributed by atoms with van der Waals surface area (Å²) in [5.41, 5.74) is 5.60. The van der Waals surface area contributed by atoms with Crippen LogP contribution in [0.15, 0.2) is 35.7 Å². The van der Waals surface area contributed by atoms with Gasteiger partial charge in [-0.15, -0.1) is 0 Å². The van der Waals surface area contributed by atoms with Crippen molar-refractivity contribution in [2.45, 2.75) is 6.10 Å². The third-order valence-electron chi connectivity index (χ3n) is 3.49. The Hall–Kier alpha value is -2.59. The number of hydrogen-bond acceptors (Lipinski definition) is 7. The molecule has 1 aromatic rings. The molecule has 10 heteroatoms. The van der Waals surface area contributed by atoms with Crippen molar-refractivity contribution < 1.29 is 23.6 Å². The molecule has 8 nitrogen and oxygen atoms in total. The van der Waals surface area contributed by atoms with Crippen LogP contribution in [-0.2, 0) is 9.39 Å². The topological polar surface area (TPSA) is 101 Å². The van der Waals surface area contributed by atoms with Gasteiger partial charge in [0.2, 0.25) is 0 Å². The molecule has 1 saturated heterocycles. The van der Waals surface area contributed by atoms with E-state index in [-0.39, 0.29) is 18.6 Å². The largest absolute Gasteiger partial charge is 0.493 e. The van der Waals surface area contributed by atoms with Crippen molar-refractivity contribution in [3.8, 4) is 0 Å². The Labute approximate surface area is 139 Å². The maximum Gasteiger partial charge on any atom is 0.493 e. The molecule has 0 bridgehead atoms. The molecule has 0 aliphatic carbocycles. The highest BCUT2D eigenvalue weighted by Crippen LogP contribution is 2.22. The number of hydrogen-bond donors (Lipinski definition) is 2. The van der Waals surface area contributed by atoms with Crippen LogP contribution in [0.1, 0.15) is 0 Å². The van der Waals surface area contributed by atoms with Gasteiger partial charge < -0.3 is 20.1 Å². The number of hydrazone groups is 1. The minimum atomic E-state index is -1.37. The molecule has 1 fully saturated rings. The minimum Gasteiger partial charge on any atom is -0.442 e. The second-order valence-corrected chi connectivity index (χ2v) is 5.02. The van der Waals surface area contributed by atoms with Crippen LogP contribution in [0.2, 0.25) is 0 Å². The summed E-state index contributed by atoms with van der Waals surface area (Å²) in [6.45, 7) is 3.88. The van der Waals surface area contributed by atoms with Crippen molar-refractivity contribution in [1.29, 1.82) is 0 Å². The Morgan fingerprint density at radius 1 is 1.71 bits per heavy atom. The van der Waals surface area contributed by atoms with Crippen molar-refractivity contribution >= 4 is 31.1 Å². The SMILES string of the molecule is C=NN(/C=C\N)C[C@H]1CN(c2ccc(B(O)OC)c(F)c2)C(=O)O1. The first-order valence-electron chi connectivity index (χ1n) is 7.10. The van der Waals surface area contributed by atoms with Gasteiger partial charge in [0.15, 0.2) is 0 Å². The number of ether oxygens (including phenoxy) is 1. The predicted molar refractivity (Wildman–Crippen MR) is 88.2 cm³/mol. The van der Waals surface area contributed by atoms with E-state index in [1.807, 2.05) is 0 Å². The number of halogens is 1. The van der Waals surface area contributed by atoms with Gasteiger partial charge in [-0.3, -0.25) is 9.91 Å². The number of rotatable bonds is 7. The molecule has 0 unspecified atom stereocenters. The Kier molecular flexibility index (Phi) is 5.77. The summed E-state index contributed by atoms with van der Waals surface area (Å²) in [6, 6.07) is 4.01. The van der Waals surface area contributed by atoms with E-state index in [4.69, 9.17) is 10.5 Å². The average Bonchev–Trinajstić information content (AvgIpc) is 2.94. The van der Waals surface area contributed by atoms with Crippen molar-refractivity contribution in [1.82, 2.24) is 5.01 Å². The van der Waals surface area contributed by atoms with Crippen LogP contribution in [0.3, 0.4) is 0 Å². The Morgan fingerprint density at radius 2 is 2.46 bits per heavy atom. The predicted octanol–water partition coefficient (Wildman–Crippen LogP) is -0.168. The Balaban J connectivity index is 2.11. The summed E-state index contributed by atoms with van der Waals surface area (Å²) >= 11 is 0. The lowest BCUT2D eigenvalue weighted by molar-refractivity contribution is 0.123. The molecule has 24 heavy (non-hydrogen) atoms. The third kappa shape index (κ3) is 3.84. The van der Waals surface area contributed by atoms with Gasteiger partial charge in [-0.2, -0.15) is 5.10 Å². The summed E-state index contributed by atoms with van der Waals surface area (Å²) in [5, 5.41) is 14.7. The van der Waals surface area contributed by atoms with Crippen molar-refractivity contribution in [3.63, 3.8) is 0 Å². The van der Waals surface area contributed by atoms with Gasteiger partial charge in [0.25, 0.3) is 0 Å². The van der Waals surface area contributed by atoms with Gasteiger partial charge in [0.05, 0.1) is 18.8 Å². The van der Waals surface area contributed by atoms with E-state index in [2.05, 4.69) is 16.5 Å². The molecule has 0 saturated carbocycles. The van der Waals surface area contributed by atoms with Gasteiger partial charge in [-0.1, -0.05) is 6.07 Å². The molecule has 2 rings (SSSR count). The van der Waals surface area contributed by atoms with Crippen LogP contribution < -0.4 is 16.1 Å². The fourth-order valence-corrected chi connectivity index (χ4v) is 2.31. The smallest absolute Gasteiger partial charge is 0.442 e. The molecule has 1 aliphatic rings. The minimum absolute atomic E-state index is 0.0134. The molecule has 1 aromatic carbocycles. The summed E-state index contributed by atoms with van der Waals surface area (Å²) < 4.78 is 24.0. The first-order valence-corrected chi connectivity index (χ1v) is 7.10. The molecule has 3 N–H and O–H groups in total. The molecule has 1 aliphatic heterocycles. The van der Waals surface area contributed by atoms with E-state index < -0.39 is 25.1 Å². The standard InChI is InChI=1S/C14H18BFN4O4/c1-18-19(6-5-17)8-11-9-20(14(21)24-11)10-3-4-12(13(16)7-10)15(22)23-2/h3-7,11,22H,1,8-9,17H2,2H3/b6-5-/t11-/m0/s1. The second kappa shape index (κ2) is 7.80. The van der Waals surface area contributed by atoms with Crippen LogP contribution >= 0.6 is 0 Å². The zero-order chi connectivity index (χ0) is 17.7. The lowest BCUT2D eigenvalue weighted by Gasteiger charge is -2.17. The molecule has 0 aromatic heterocycles. The maximum absolute atomic E-state index is 14.1. The summed E-state index contributed by atoms with van der Waals surface area (Å²) in [6.07, 6.45) is 1.70. The first-order chi connectivity index (χ1) is 11.5. The van der Waals surface area contributed by atoms with Crippen molar-refractivity contribution in [2.75, 3.05) is 25.1 Å². The molecule has 1 atom stereocenters. The molecule has 128 valence electrons. The molecular weight excluding hydrogens is 318 g/mol. The van der Waals surface area contributed by atoms with E-state index in [0.29, 0.717) is 5.69 Å². The normalized spacial score (nSPS) is 17.2. The highest BCUT2D eigenvalue weighted by Gasteiger charge is 2.34. The first kappa shape index (κ1) is 17.8. The van der Waals surface area contributed by atoms with Crippen LogP contribution in [0.25, 0.3) is 0 Å². The van der Waals surface area contributed by atoms with Crippen molar-refractivity contribution in [2.24, 2.45) is 10.8 Å². The quantitative estimate of drug-likeness (QED) is 0.407. The van der Waals surface area contributed by atoms with Crippen LogP contribution in [0, 0.1) is 5.82 Å². The fraction of sp³-hybridized carbons (Fsp3) is 0.286.